The highest BCUT2D eigenvalue weighted by atomic mass is 16.7. The van der Waals surface area contributed by atoms with Crippen LogP contribution < -0.4 is 0 Å². The number of allylic oxidation sites excluding steroid dienone is 2. The van der Waals surface area contributed by atoms with E-state index in [9.17, 15) is 61.3 Å². The monoisotopic (exact) mass is 943 g/mol. The van der Waals surface area contributed by atoms with Crippen molar-refractivity contribution in [3.05, 3.63) is 11.6 Å². The molecule has 0 aromatic carbocycles. The molecule has 0 radical (unpaired) electrons. The van der Waals surface area contributed by atoms with Gasteiger partial charge in [-0.2, -0.15) is 0 Å². The minimum atomic E-state index is -1.86. The Kier molecular flexibility index (Phi) is 13.9. The van der Waals surface area contributed by atoms with Crippen molar-refractivity contribution in [2.75, 3.05) is 13.2 Å². The van der Waals surface area contributed by atoms with Gasteiger partial charge in [0.25, 0.3) is 0 Å². The maximum absolute atomic E-state index is 15.1. The summed E-state index contributed by atoms with van der Waals surface area (Å²) in [6.07, 6.45) is -18.7. The summed E-state index contributed by atoms with van der Waals surface area (Å²) in [7, 11) is 0. The highest BCUT2D eigenvalue weighted by molar-refractivity contribution is 5.79. The molecule has 0 aromatic rings. The predicted octanol–water partition coefficient (Wildman–Crippen LogP) is -0.617. The number of esters is 1. The molecular weight excluding hydrogens is 865 g/mol. The average molecular weight is 943 g/mol. The third-order valence-corrected chi connectivity index (χ3v) is 19.9. The van der Waals surface area contributed by atoms with Crippen LogP contribution in [0.1, 0.15) is 106 Å². The number of carbonyl (C=O) groups excluding carboxylic acids is 1. The Morgan fingerprint density at radius 3 is 2.00 bits per heavy atom. The van der Waals surface area contributed by atoms with E-state index in [0.717, 1.165) is 19.3 Å². The normalized spacial score (nSPS) is 57.3. The minimum absolute atomic E-state index is 0.0104. The fourth-order valence-corrected chi connectivity index (χ4v) is 15.5. The van der Waals surface area contributed by atoms with Crippen LogP contribution in [0.5, 0.6) is 0 Å². The third-order valence-electron chi connectivity index (χ3n) is 19.9. The van der Waals surface area contributed by atoms with Crippen molar-refractivity contribution >= 4 is 5.97 Å². The molecule has 66 heavy (non-hydrogen) atoms. The van der Waals surface area contributed by atoms with Crippen molar-refractivity contribution in [2.24, 2.45) is 56.7 Å². The summed E-state index contributed by atoms with van der Waals surface area (Å²) in [5, 5.41) is 131. The Labute approximate surface area is 386 Å². The average Bonchev–Trinajstić information content (AvgIpc) is 3.28. The first-order valence-electron chi connectivity index (χ1n) is 24.4. The minimum Gasteiger partial charge on any atom is -0.432 e. The van der Waals surface area contributed by atoms with Crippen molar-refractivity contribution in [3.8, 4) is 0 Å². The van der Waals surface area contributed by atoms with Crippen LogP contribution in [0.3, 0.4) is 0 Å². The molecule has 7 fully saturated rings. The Morgan fingerprint density at radius 2 is 1.33 bits per heavy atom. The molecule has 5 aliphatic carbocycles. The zero-order chi connectivity index (χ0) is 48.4. The molecule has 3 aliphatic heterocycles. The molecule has 3 heterocycles. The lowest BCUT2D eigenvalue weighted by Crippen LogP contribution is -2.68. The van der Waals surface area contributed by atoms with E-state index >= 15 is 4.79 Å². The van der Waals surface area contributed by atoms with Crippen molar-refractivity contribution in [2.45, 2.75) is 210 Å². The standard InChI is InChI=1S/C48H78O18/c1-20-10-13-48(15-14-46(6)23(30(48)21(20)2)8-9-29-44(4)17-24(51)40(60)45(5,19-50)28(44)11-12-47(29,46)7)43(61)66-42-38(59)35(56)32(53)26(64-42)16-25-33(54)36(57)39(27(18-49)63-25)65-41-37(58)34(55)31(52)22(3)62-41/h8,20-22,24-42,49-60H,9-19H2,1-7H3/t20-,21+,22?,24-,25?,26?,27?,28?,29-,30+,31?,32?,33?,34?,35?,36?,37?,38?,39?,40+,41?,42?,44+,45+,46-,47-,48+/m1/s1. The van der Waals surface area contributed by atoms with Gasteiger partial charge in [0.2, 0.25) is 6.29 Å². The zero-order valence-corrected chi connectivity index (χ0v) is 39.4. The van der Waals surface area contributed by atoms with E-state index in [1.165, 1.54) is 12.5 Å². The quantitative estimate of drug-likeness (QED) is 0.107. The predicted molar refractivity (Wildman–Crippen MR) is 230 cm³/mol. The summed E-state index contributed by atoms with van der Waals surface area (Å²) >= 11 is 0. The van der Waals surface area contributed by atoms with E-state index in [0.29, 0.717) is 32.1 Å². The van der Waals surface area contributed by atoms with Crippen LogP contribution in [-0.2, 0) is 28.5 Å². The molecule has 0 aromatic heterocycles. The summed E-state index contributed by atoms with van der Waals surface area (Å²) in [6.45, 7) is 13.6. The van der Waals surface area contributed by atoms with Gasteiger partial charge in [0.15, 0.2) is 6.29 Å². The van der Waals surface area contributed by atoms with Gasteiger partial charge in [0.1, 0.15) is 61.0 Å². The van der Waals surface area contributed by atoms with Crippen molar-refractivity contribution in [3.63, 3.8) is 0 Å². The van der Waals surface area contributed by atoms with Gasteiger partial charge in [-0.05, 0) is 104 Å². The Bertz CT molecular complexity index is 1800. The van der Waals surface area contributed by atoms with Gasteiger partial charge in [-0.3, -0.25) is 4.79 Å². The highest BCUT2D eigenvalue weighted by Gasteiger charge is 2.71. The molecule has 4 saturated carbocycles. The van der Waals surface area contributed by atoms with Gasteiger partial charge in [-0.15, -0.1) is 0 Å². The maximum atomic E-state index is 15.1. The van der Waals surface area contributed by atoms with Crippen molar-refractivity contribution in [1.82, 2.24) is 0 Å². The molecule has 16 unspecified atom stereocenters. The van der Waals surface area contributed by atoms with Gasteiger partial charge >= 0.3 is 5.97 Å². The molecule has 0 amide bonds. The number of fused-ring (bicyclic) bond motifs is 7. The van der Waals surface area contributed by atoms with Crippen molar-refractivity contribution in [1.29, 1.82) is 0 Å². The molecule has 18 nitrogen and oxygen atoms in total. The van der Waals surface area contributed by atoms with E-state index < -0.39 is 134 Å². The van der Waals surface area contributed by atoms with Gasteiger partial charge < -0.3 is 85.0 Å². The first kappa shape index (κ1) is 50.9. The topological polar surface area (TPSA) is 306 Å². The smallest absolute Gasteiger partial charge is 0.315 e. The maximum Gasteiger partial charge on any atom is 0.315 e. The Morgan fingerprint density at radius 1 is 0.697 bits per heavy atom. The van der Waals surface area contributed by atoms with Crippen molar-refractivity contribution < 1.29 is 89.8 Å². The van der Waals surface area contributed by atoms with E-state index in [1.54, 1.807) is 0 Å². The van der Waals surface area contributed by atoms with Crippen LogP contribution in [0.2, 0.25) is 0 Å². The Hall–Kier alpha value is -1.43. The van der Waals surface area contributed by atoms with Gasteiger partial charge in [-0.25, -0.2) is 0 Å². The number of hydrogen-bond acceptors (Lipinski definition) is 18. The number of hydrogen-bond donors (Lipinski definition) is 12. The Balaban J connectivity index is 1.01. The lowest BCUT2D eigenvalue weighted by atomic mass is 9.33. The van der Waals surface area contributed by atoms with Crippen LogP contribution in [-0.4, -0.2) is 185 Å². The third kappa shape index (κ3) is 7.52. The molecule has 27 atom stereocenters. The lowest BCUT2D eigenvalue weighted by molar-refractivity contribution is -0.341. The van der Waals surface area contributed by atoms with Gasteiger partial charge in [0, 0.05) is 11.8 Å². The fourth-order valence-electron chi connectivity index (χ4n) is 15.5. The zero-order valence-electron chi connectivity index (χ0n) is 39.4. The number of aliphatic hydroxyl groups is 12. The van der Waals surface area contributed by atoms with Gasteiger partial charge in [-0.1, -0.05) is 53.2 Å². The van der Waals surface area contributed by atoms with Crippen LogP contribution >= 0.6 is 0 Å². The molecular formula is C48H78O18. The highest BCUT2D eigenvalue weighted by Crippen LogP contribution is 2.76. The SMILES string of the molecule is CC1OC(OC2C(CO)OC(CC3OC(OC(=O)[C@]45CC[C@@H](C)[C@H](C)[C@H]4C4=CC[C@@H]6[C@@]7(C)C[C@@H](O)[C@H](O)[C@@](C)(CO)C7CC[C@@]6(C)[C@]4(C)CC5)C(O)C(O)C3O)C(O)C2O)C(O)C(O)C1O. The van der Waals surface area contributed by atoms with Crippen LogP contribution in [0.15, 0.2) is 11.6 Å². The molecule has 18 heteroatoms. The second kappa shape index (κ2) is 18.0. The fraction of sp³-hybridized carbons (Fsp3) is 0.938. The largest absolute Gasteiger partial charge is 0.432 e. The molecule has 0 bridgehead atoms. The van der Waals surface area contributed by atoms with Crippen LogP contribution in [0.25, 0.3) is 0 Å². The van der Waals surface area contributed by atoms with Crippen LogP contribution in [0, 0.1) is 56.7 Å². The summed E-state index contributed by atoms with van der Waals surface area (Å²) in [6, 6.07) is 0. The molecule has 378 valence electrons. The van der Waals surface area contributed by atoms with E-state index in [1.807, 2.05) is 6.92 Å². The summed E-state index contributed by atoms with van der Waals surface area (Å²) in [4.78, 5) is 15.1. The first-order valence-corrected chi connectivity index (χ1v) is 24.4. The molecule has 8 rings (SSSR count). The summed E-state index contributed by atoms with van der Waals surface area (Å²) in [5.41, 5.74) is -1.64. The molecule has 8 aliphatic rings. The van der Waals surface area contributed by atoms with E-state index in [-0.39, 0.29) is 52.4 Å². The number of carbonyl (C=O) groups is 1. The summed E-state index contributed by atoms with van der Waals surface area (Å²) < 4.78 is 29.4. The molecule has 0 spiro atoms. The number of ether oxygens (including phenoxy) is 5. The lowest BCUT2D eigenvalue weighted by Gasteiger charge is -2.71. The van der Waals surface area contributed by atoms with E-state index in [2.05, 4.69) is 40.7 Å². The molecule has 3 saturated heterocycles. The summed E-state index contributed by atoms with van der Waals surface area (Å²) in [5.74, 6) is -0.382. The second-order valence-electron chi connectivity index (χ2n) is 23.0. The van der Waals surface area contributed by atoms with E-state index in [4.69, 9.17) is 23.7 Å². The second-order valence-corrected chi connectivity index (χ2v) is 23.0. The number of aliphatic hydroxyl groups excluding tert-OH is 12. The number of rotatable bonds is 8. The van der Waals surface area contributed by atoms with Crippen LogP contribution in [0.4, 0.5) is 0 Å². The van der Waals surface area contributed by atoms with Gasteiger partial charge in [0.05, 0.1) is 49.1 Å². The first-order chi connectivity index (χ1) is 30.9. The molecule has 12 N–H and O–H groups in total.